The van der Waals surface area contributed by atoms with Crippen LogP contribution >= 0.6 is 0 Å². The summed E-state index contributed by atoms with van der Waals surface area (Å²) in [5, 5.41) is 8.92. The van der Waals surface area contributed by atoms with E-state index in [-0.39, 0.29) is 42.5 Å². The van der Waals surface area contributed by atoms with Gasteiger partial charge in [0.15, 0.2) is 0 Å². The van der Waals surface area contributed by atoms with Crippen LogP contribution in [0.15, 0.2) is 52.1 Å². The summed E-state index contributed by atoms with van der Waals surface area (Å²) in [7, 11) is -4.63. The van der Waals surface area contributed by atoms with E-state index in [1.54, 1.807) is 30.3 Å². The van der Waals surface area contributed by atoms with E-state index >= 15 is 0 Å². The molecule has 0 fully saturated rings. The van der Waals surface area contributed by atoms with E-state index in [0.717, 1.165) is 21.3 Å². The molecule has 0 bridgehead atoms. The lowest BCUT2D eigenvalue weighted by Gasteiger charge is -2.17. The monoisotopic (exact) mass is 472 g/mol. The number of hydrogen-bond acceptors (Lipinski definition) is 6. The van der Waals surface area contributed by atoms with E-state index in [1.807, 2.05) is 0 Å². The molecule has 0 spiro atoms. The van der Waals surface area contributed by atoms with Crippen molar-refractivity contribution >= 4 is 21.0 Å². The first-order chi connectivity index (χ1) is 15.0. The topological polar surface area (TPSA) is 108 Å². The van der Waals surface area contributed by atoms with Crippen LogP contribution in [0.5, 0.6) is 5.75 Å². The van der Waals surface area contributed by atoms with Crippen LogP contribution in [0.4, 0.5) is 13.2 Å². The zero-order valence-electron chi connectivity index (χ0n) is 16.8. The van der Waals surface area contributed by atoms with Gasteiger partial charge in [0.1, 0.15) is 5.75 Å². The van der Waals surface area contributed by atoms with Gasteiger partial charge in [-0.1, -0.05) is 30.3 Å². The van der Waals surface area contributed by atoms with E-state index in [0.29, 0.717) is 5.56 Å². The van der Waals surface area contributed by atoms with Gasteiger partial charge in [0.2, 0.25) is 0 Å². The standard InChI is InChI=1S/C20H19F3N2O6S/c1-24-15-8-9-16(31-32(29,30)20(21,22)23)14(12-13-6-3-2-4-7-13)17(15)18(27)25(19(24)28)10-5-11-26/h2-4,6-9,26H,5,10-12H2,1H3. The molecular formula is C20H19F3N2O6S. The Balaban J connectivity index is 2.36. The molecule has 0 aliphatic heterocycles. The summed E-state index contributed by atoms with van der Waals surface area (Å²) in [5.41, 5.74) is -6.61. The van der Waals surface area contributed by atoms with Crippen molar-refractivity contribution in [2.45, 2.75) is 24.9 Å². The summed E-state index contributed by atoms with van der Waals surface area (Å²) in [6.45, 7) is -0.424. The molecule has 3 aromatic rings. The minimum atomic E-state index is -6.00. The normalized spacial score (nSPS) is 12.3. The van der Waals surface area contributed by atoms with Gasteiger partial charge in [-0.05, 0) is 24.1 Å². The van der Waals surface area contributed by atoms with Gasteiger partial charge in [0.05, 0.1) is 10.9 Å². The number of aromatic nitrogens is 2. The number of alkyl halides is 3. The molecule has 1 N–H and O–H groups in total. The largest absolute Gasteiger partial charge is 0.534 e. The summed E-state index contributed by atoms with van der Waals surface area (Å²) in [5.74, 6) is -0.664. The minimum Gasteiger partial charge on any atom is -0.396 e. The van der Waals surface area contributed by atoms with Crippen molar-refractivity contribution in [3.05, 3.63) is 74.4 Å². The molecule has 3 rings (SSSR count). The molecule has 2 aromatic carbocycles. The Bertz CT molecular complexity index is 1360. The fraction of sp³-hybridized carbons (Fsp3) is 0.300. The Kier molecular flexibility index (Phi) is 6.46. The number of benzene rings is 2. The van der Waals surface area contributed by atoms with Crippen molar-refractivity contribution in [1.82, 2.24) is 9.13 Å². The predicted octanol–water partition coefficient (Wildman–Crippen LogP) is 1.90. The second-order valence-electron chi connectivity index (χ2n) is 6.96. The lowest BCUT2D eigenvalue weighted by molar-refractivity contribution is -0.0500. The van der Waals surface area contributed by atoms with E-state index in [9.17, 15) is 31.2 Å². The first kappa shape index (κ1) is 23.5. The van der Waals surface area contributed by atoms with Crippen molar-refractivity contribution in [3.8, 4) is 5.75 Å². The van der Waals surface area contributed by atoms with Gasteiger partial charge >= 0.3 is 21.3 Å². The highest BCUT2D eigenvalue weighted by Crippen LogP contribution is 2.33. The quantitative estimate of drug-likeness (QED) is 0.416. The van der Waals surface area contributed by atoms with Crippen LogP contribution < -0.4 is 15.4 Å². The Labute approximate surface area is 180 Å². The molecule has 32 heavy (non-hydrogen) atoms. The Morgan fingerprint density at radius 1 is 1.06 bits per heavy atom. The molecule has 0 saturated heterocycles. The third kappa shape index (κ3) is 4.41. The van der Waals surface area contributed by atoms with Crippen LogP contribution in [0.2, 0.25) is 0 Å². The molecule has 0 aliphatic carbocycles. The van der Waals surface area contributed by atoms with Crippen LogP contribution in [0, 0.1) is 0 Å². The number of nitrogens with zero attached hydrogens (tertiary/aromatic N) is 2. The van der Waals surface area contributed by atoms with Gasteiger partial charge in [-0.3, -0.25) is 13.9 Å². The number of aliphatic hydroxyl groups excluding tert-OH is 1. The summed E-state index contributed by atoms with van der Waals surface area (Å²) in [6, 6.07) is 10.5. The lowest BCUT2D eigenvalue weighted by atomic mass is 10.00. The number of hydrogen-bond donors (Lipinski definition) is 1. The minimum absolute atomic E-state index is 0.0906. The fourth-order valence-corrected chi connectivity index (χ4v) is 3.77. The second kappa shape index (κ2) is 8.79. The van der Waals surface area contributed by atoms with Crippen molar-refractivity contribution in [3.63, 3.8) is 0 Å². The summed E-state index contributed by atoms with van der Waals surface area (Å²) >= 11 is 0. The third-order valence-electron chi connectivity index (χ3n) is 4.83. The molecule has 8 nitrogen and oxygen atoms in total. The highest BCUT2D eigenvalue weighted by atomic mass is 32.2. The molecule has 0 unspecified atom stereocenters. The SMILES string of the molecule is Cn1c(=O)n(CCCO)c(=O)c2c(Cc3ccccc3)c(OS(=O)(=O)C(F)(F)F)ccc21. The number of aryl methyl sites for hydroxylation is 1. The molecule has 0 saturated carbocycles. The van der Waals surface area contributed by atoms with Crippen LogP contribution in [0.25, 0.3) is 10.9 Å². The highest BCUT2D eigenvalue weighted by molar-refractivity contribution is 7.88. The highest BCUT2D eigenvalue weighted by Gasteiger charge is 2.49. The molecule has 0 radical (unpaired) electrons. The predicted molar refractivity (Wildman–Crippen MR) is 110 cm³/mol. The molecule has 12 heteroatoms. The molecule has 0 aliphatic rings. The maximum absolute atomic E-state index is 13.2. The number of halogens is 3. The van der Waals surface area contributed by atoms with Crippen LogP contribution in [0.3, 0.4) is 0 Å². The van der Waals surface area contributed by atoms with Crippen LogP contribution in [-0.2, 0) is 30.1 Å². The van der Waals surface area contributed by atoms with Crippen LogP contribution in [0.1, 0.15) is 17.5 Å². The first-order valence-corrected chi connectivity index (χ1v) is 10.8. The van der Waals surface area contributed by atoms with Crippen molar-refractivity contribution in [2.24, 2.45) is 7.05 Å². The van der Waals surface area contributed by atoms with Crippen molar-refractivity contribution < 1.29 is 30.9 Å². The molecule has 0 atom stereocenters. The maximum atomic E-state index is 13.2. The Morgan fingerprint density at radius 3 is 2.31 bits per heavy atom. The first-order valence-electron chi connectivity index (χ1n) is 9.39. The van der Waals surface area contributed by atoms with E-state index in [1.165, 1.54) is 7.05 Å². The van der Waals surface area contributed by atoms with Crippen LogP contribution in [-0.4, -0.2) is 34.8 Å². The Morgan fingerprint density at radius 2 is 1.72 bits per heavy atom. The molecular weight excluding hydrogens is 453 g/mol. The molecule has 1 aromatic heterocycles. The smallest absolute Gasteiger partial charge is 0.396 e. The number of fused-ring (bicyclic) bond motifs is 1. The molecule has 0 amide bonds. The van der Waals surface area contributed by atoms with Crippen molar-refractivity contribution in [2.75, 3.05) is 6.61 Å². The van der Waals surface area contributed by atoms with E-state index in [4.69, 9.17) is 5.11 Å². The average molecular weight is 472 g/mol. The molecule has 172 valence electrons. The summed E-state index contributed by atoms with van der Waals surface area (Å²) in [4.78, 5) is 25.8. The van der Waals surface area contributed by atoms with Gasteiger partial charge in [-0.15, -0.1) is 0 Å². The Hall–Kier alpha value is -3.12. The zero-order chi connectivity index (χ0) is 23.7. The van der Waals surface area contributed by atoms with E-state index in [2.05, 4.69) is 4.18 Å². The summed E-state index contributed by atoms with van der Waals surface area (Å²) in [6.07, 6.45) is -0.0400. The molecule has 1 heterocycles. The number of rotatable bonds is 7. The maximum Gasteiger partial charge on any atom is 0.534 e. The van der Waals surface area contributed by atoms with Gasteiger partial charge < -0.3 is 9.29 Å². The second-order valence-corrected chi connectivity index (χ2v) is 8.50. The third-order valence-corrected chi connectivity index (χ3v) is 5.80. The van der Waals surface area contributed by atoms with Gasteiger partial charge in [-0.25, -0.2) is 4.79 Å². The van der Waals surface area contributed by atoms with Gasteiger partial charge in [0.25, 0.3) is 5.56 Å². The van der Waals surface area contributed by atoms with Gasteiger partial charge in [-0.2, -0.15) is 21.6 Å². The lowest BCUT2D eigenvalue weighted by Crippen LogP contribution is -2.39. The summed E-state index contributed by atoms with van der Waals surface area (Å²) < 4.78 is 68.5. The van der Waals surface area contributed by atoms with E-state index < -0.39 is 32.6 Å². The van der Waals surface area contributed by atoms with Crippen molar-refractivity contribution in [1.29, 1.82) is 0 Å². The fourth-order valence-electron chi connectivity index (χ4n) is 3.29. The average Bonchev–Trinajstić information content (AvgIpc) is 2.73. The van der Waals surface area contributed by atoms with Gasteiger partial charge in [0, 0.05) is 32.2 Å². The number of aliphatic hydroxyl groups is 1. The zero-order valence-corrected chi connectivity index (χ0v) is 17.6.